The minimum atomic E-state index is -4.57. The Bertz CT molecular complexity index is 925. The van der Waals surface area contributed by atoms with E-state index in [2.05, 4.69) is 4.37 Å². The molecule has 27 heavy (non-hydrogen) atoms. The van der Waals surface area contributed by atoms with Gasteiger partial charge < -0.3 is 5.11 Å². The Morgan fingerprint density at radius 2 is 1.33 bits per heavy atom. The molecule has 0 amide bonds. The second-order valence-electron chi connectivity index (χ2n) is 6.04. The van der Waals surface area contributed by atoms with Crippen molar-refractivity contribution < 1.29 is 27.1 Å². The predicted octanol–water partition coefficient (Wildman–Crippen LogP) is 6.10. The van der Waals surface area contributed by atoms with Gasteiger partial charge in [-0.2, -0.15) is 17.5 Å². The first-order valence-corrected chi connectivity index (χ1v) is 8.64. The molecule has 2 aromatic carbocycles. The highest BCUT2D eigenvalue weighted by molar-refractivity contribution is 7.06. The highest BCUT2D eigenvalue weighted by Gasteiger charge is 2.37. The van der Waals surface area contributed by atoms with Crippen molar-refractivity contribution in [2.24, 2.45) is 0 Å². The number of alkyl halides is 5. The van der Waals surface area contributed by atoms with E-state index in [0.717, 1.165) is 12.5 Å². The lowest BCUT2D eigenvalue weighted by Crippen LogP contribution is -2.06. The Kier molecular flexibility index (Phi) is 5.05. The Morgan fingerprint density at radius 3 is 1.78 bits per heavy atom. The zero-order valence-corrected chi connectivity index (χ0v) is 14.8. The summed E-state index contributed by atoms with van der Waals surface area (Å²) in [6.07, 6.45) is -4.57. The highest BCUT2D eigenvalue weighted by atomic mass is 32.1. The van der Waals surface area contributed by atoms with Crippen molar-refractivity contribution in [3.63, 3.8) is 0 Å². The molecule has 1 N–H and O–H groups in total. The van der Waals surface area contributed by atoms with E-state index in [0.29, 0.717) is 22.7 Å². The van der Waals surface area contributed by atoms with Crippen molar-refractivity contribution >= 4 is 11.5 Å². The molecule has 0 spiro atoms. The lowest BCUT2D eigenvalue weighted by molar-refractivity contribution is -0.135. The SMILES string of the molecule is CC(F)(F)c1ccc(-c2ccc(-c3nsc(C(F)(F)F)c3CO)cc2)cc1. The molecule has 0 atom stereocenters. The van der Waals surface area contributed by atoms with E-state index >= 15 is 0 Å². The normalized spacial score (nSPS) is 12.4. The fraction of sp³-hybridized carbons (Fsp3) is 0.211. The molecule has 0 aliphatic carbocycles. The Labute approximate surface area is 156 Å². The van der Waals surface area contributed by atoms with Crippen LogP contribution in [0, 0.1) is 0 Å². The number of hydrogen-bond donors (Lipinski definition) is 1. The van der Waals surface area contributed by atoms with Gasteiger partial charge in [-0.15, -0.1) is 0 Å². The summed E-state index contributed by atoms with van der Waals surface area (Å²) < 4.78 is 69.3. The van der Waals surface area contributed by atoms with Crippen LogP contribution in [0.5, 0.6) is 0 Å². The van der Waals surface area contributed by atoms with Gasteiger partial charge >= 0.3 is 6.18 Å². The van der Waals surface area contributed by atoms with E-state index in [-0.39, 0.29) is 16.8 Å². The molecule has 0 saturated carbocycles. The zero-order valence-electron chi connectivity index (χ0n) is 14.0. The Balaban J connectivity index is 1.91. The van der Waals surface area contributed by atoms with Crippen molar-refractivity contribution in [2.75, 3.05) is 0 Å². The topological polar surface area (TPSA) is 33.1 Å². The monoisotopic (exact) mass is 399 g/mol. The largest absolute Gasteiger partial charge is 0.427 e. The summed E-state index contributed by atoms with van der Waals surface area (Å²) in [5.74, 6) is -2.93. The van der Waals surface area contributed by atoms with Crippen LogP contribution in [0.3, 0.4) is 0 Å². The van der Waals surface area contributed by atoms with Crippen molar-refractivity contribution in [2.45, 2.75) is 25.6 Å². The molecule has 0 unspecified atom stereocenters. The number of hydrogen-bond acceptors (Lipinski definition) is 3. The number of aromatic nitrogens is 1. The average Bonchev–Trinajstić information content (AvgIpc) is 3.06. The molecule has 8 heteroatoms. The van der Waals surface area contributed by atoms with E-state index in [4.69, 9.17) is 0 Å². The van der Waals surface area contributed by atoms with E-state index in [9.17, 15) is 27.1 Å². The number of aliphatic hydroxyl groups is 1. The Hall–Kier alpha value is -2.32. The van der Waals surface area contributed by atoms with Crippen LogP contribution in [0.4, 0.5) is 22.0 Å². The molecular formula is C19H14F5NOS. The Morgan fingerprint density at radius 1 is 0.852 bits per heavy atom. The maximum absolute atomic E-state index is 13.3. The molecule has 0 bridgehead atoms. The van der Waals surface area contributed by atoms with Gasteiger partial charge in [-0.25, -0.2) is 8.78 Å². The molecule has 0 saturated heterocycles. The second-order valence-corrected chi connectivity index (χ2v) is 6.81. The molecular weight excluding hydrogens is 385 g/mol. The van der Waals surface area contributed by atoms with Gasteiger partial charge in [0.05, 0.1) is 12.3 Å². The fourth-order valence-corrected chi connectivity index (χ4v) is 3.45. The third-order valence-electron chi connectivity index (χ3n) is 4.09. The van der Waals surface area contributed by atoms with Gasteiger partial charge in [0, 0.05) is 23.6 Å². The van der Waals surface area contributed by atoms with Crippen LogP contribution in [0.1, 0.15) is 22.9 Å². The molecule has 1 aromatic heterocycles. The van der Waals surface area contributed by atoms with Crippen molar-refractivity contribution in [1.29, 1.82) is 0 Å². The summed E-state index contributed by atoms with van der Waals surface area (Å²) in [5.41, 5.74) is 1.59. The van der Waals surface area contributed by atoms with E-state index in [1.165, 1.54) is 12.1 Å². The predicted molar refractivity (Wildman–Crippen MR) is 93.5 cm³/mol. The van der Waals surface area contributed by atoms with Gasteiger partial charge in [0.15, 0.2) is 0 Å². The summed E-state index contributed by atoms with van der Waals surface area (Å²) in [4.78, 5) is -0.917. The number of aliphatic hydroxyl groups excluding tert-OH is 1. The van der Waals surface area contributed by atoms with Crippen LogP contribution in [-0.2, 0) is 18.7 Å². The first-order chi connectivity index (χ1) is 12.6. The summed E-state index contributed by atoms with van der Waals surface area (Å²) in [6.45, 7) is 0.0493. The molecule has 0 aliphatic heterocycles. The smallest absolute Gasteiger partial charge is 0.392 e. The third-order valence-corrected chi connectivity index (χ3v) is 5.02. The van der Waals surface area contributed by atoms with Gasteiger partial charge in [-0.3, -0.25) is 0 Å². The van der Waals surface area contributed by atoms with Gasteiger partial charge in [-0.1, -0.05) is 48.5 Å². The molecule has 2 nitrogen and oxygen atoms in total. The van der Waals surface area contributed by atoms with Crippen LogP contribution in [0.25, 0.3) is 22.4 Å². The molecule has 0 radical (unpaired) electrons. The summed E-state index contributed by atoms with van der Waals surface area (Å²) >= 11 is 0.301. The summed E-state index contributed by atoms with van der Waals surface area (Å²) in [6, 6.07) is 12.3. The molecule has 142 valence electrons. The van der Waals surface area contributed by atoms with Crippen LogP contribution in [0.15, 0.2) is 48.5 Å². The lowest BCUT2D eigenvalue weighted by atomic mass is 9.99. The van der Waals surface area contributed by atoms with Gasteiger partial charge in [-0.05, 0) is 22.7 Å². The van der Waals surface area contributed by atoms with Crippen LogP contribution in [0.2, 0.25) is 0 Å². The molecule has 3 aromatic rings. The van der Waals surface area contributed by atoms with E-state index in [1.54, 1.807) is 36.4 Å². The second kappa shape index (κ2) is 7.01. The van der Waals surface area contributed by atoms with Crippen molar-refractivity contribution in [1.82, 2.24) is 4.37 Å². The van der Waals surface area contributed by atoms with Gasteiger partial charge in [0.25, 0.3) is 5.92 Å². The quantitative estimate of drug-likeness (QED) is 0.538. The standard InChI is InChI=1S/C19H14F5NOS/c1-18(20,21)14-8-6-12(7-9-14)11-2-4-13(5-3-11)16-15(10-26)17(27-25-16)19(22,23)24/h2-9,26H,10H2,1H3. The molecule has 0 fully saturated rings. The van der Waals surface area contributed by atoms with Crippen LogP contribution >= 0.6 is 11.5 Å². The minimum absolute atomic E-state index is 0.0855. The maximum Gasteiger partial charge on any atom is 0.427 e. The van der Waals surface area contributed by atoms with E-state index in [1.807, 2.05) is 0 Å². The molecule has 0 aliphatic rings. The van der Waals surface area contributed by atoms with Gasteiger partial charge in [0.1, 0.15) is 4.88 Å². The summed E-state index contributed by atoms with van der Waals surface area (Å²) in [5, 5.41) is 9.34. The van der Waals surface area contributed by atoms with Crippen molar-refractivity contribution in [3.8, 4) is 22.4 Å². The molecule has 1 heterocycles. The van der Waals surface area contributed by atoms with Crippen molar-refractivity contribution in [3.05, 3.63) is 64.5 Å². The average molecular weight is 399 g/mol. The minimum Gasteiger partial charge on any atom is -0.392 e. The first kappa shape index (κ1) is 19.4. The molecule has 3 rings (SSSR count). The number of halogens is 5. The lowest BCUT2D eigenvalue weighted by Gasteiger charge is -2.11. The zero-order chi connectivity index (χ0) is 19.8. The highest BCUT2D eigenvalue weighted by Crippen LogP contribution is 2.40. The van der Waals surface area contributed by atoms with Gasteiger partial charge in [0.2, 0.25) is 0 Å². The van der Waals surface area contributed by atoms with Crippen LogP contribution < -0.4 is 0 Å². The number of benzene rings is 2. The van der Waals surface area contributed by atoms with Crippen LogP contribution in [-0.4, -0.2) is 9.48 Å². The summed E-state index contributed by atoms with van der Waals surface area (Å²) in [7, 11) is 0. The van der Waals surface area contributed by atoms with E-state index < -0.39 is 23.6 Å². The third kappa shape index (κ3) is 4.01. The number of rotatable bonds is 4. The first-order valence-electron chi connectivity index (χ1n) is 7.87. The maximum atomic E-state index is 13.3. The number of nitrogens with zero attached hydrogens (tertiary/aromatic N) is 1. The fourth-order valence-electron chi connectivity index (χ4n) is 2.68.